The lowest BCUT2D eigenvalue weighted by molar-refractivity contribution is -0.162. The highest BCUT2D eigenvalue weighted by atomic mass is 16.5. The minimum Gasteiger partial charge on any atom is -0.493 e. The summed E-state index contributed by atoms with van der Waals surface area (Å²) in [5, 5.41) is 10.4. The number of ether oxygens (including phenoxy) is 2. The van der Waals surface area contributed by atoms with Crippen molar-refractivity contribution in [2.45, 2.75) is 78.9 Å². The van der Waals surface area contributed by atoms with Crippen LogP contribution in [0.3, 0.4) is 0 Å². The second-order valence-corrected chi connectivity index (χ2v) is 12.2. The molecular formula is C34H44N2O4. The summed E-state index contributed by atoms with van der Waals surface area (Å²) < 4.78 is 12.3. The number of anilines is 1. The first-order chi connectivity index (χ1) is 19.0. The fourth-order valence-corrected chi connectivity index (χ4v) is 5.11. The van der Waals surface area contributed by atoms with Crippen LogP contribution < -0.4 is 9.64 Å². The predicted molar refractivity (Wildman–Crippen MR) is 161 cm³/mol. The smallest absolute Gasteiger partial charge is 0.337 e. The van der Waals surface area contributed by atoms with Crippen molar-refractivity contribution in [1.29, 1.82) is 0 Å². The van der Waals surface area contributed by atoms with Gasteiger partial charge in [0.25, 0.3) is 0 Å². The molecule has 2 aromatic carbocycles. The van der Waals surface area contributed by atoms with Crippen molar-refractivity contribution in [3.05, 3.63) is 77.6 Å². The van der Waals surface area contributed by atoms with Gasteiger partial charge in [-0.3, -0.25) is 4.98 Å². The Morgan fingerprint density at radius 2 is 1.73 bits per heavy atom. The summed E-state index contributed by atoms with van der Waals surface area (Å²) >= 11 is 0. The molecule has 1 unspecified atom stereocenters. The Bertz CT molecular complexity index is 1280. The third-order valence-electron chi connectivity index (χ3n) is 8.16. The van der Waals surface area contributed by atoms with E-state index in [1.54, 1.807) is 0 Å². The molecule has 0 radical (unpaired) electrons. The molecule has 214 valence electrons. The number of carboxylic acid groups (broad SMARTS) is 1. The zero-order valence-corrected chi connectivity index (χ0v) is 24.9. The van der Waals surface area contributed by atoms with Crippen LogP contribution in [0.2, 0.25) is 0 Å². The zero-order chi connectivity index (χ0) is 28.9. The van der Waals surface area contributed by atoms with Crippen LogP contribution in [0.5, 0.6) is 5.75 Å². The molecule has 0 spiro atoms. The van der Waals surface area contributed by atoms with E-state index in [-0.39, 0.29) is 5.41 Å². The molecule has 1 aliphatic rings. The lowest BCUT2D eigenvalue weighted by Crippen LogP contribution is -2.39. The lowest BCUT2D eigenvalue weighted by Gasteiger charge is -2.41. The molecule has 1 atom stereocenters. The Kier molecular flexibility index (Phi) is 9.19. The molecule has 3 aromatic rings. The number of rotatable bonds is 11. The fourth-order valence-electron chi connectivity index (χ4n) is 5.11. The van der Waals surface area contributed by atoms with Gasteiger partial charge in [0.05, 0.1) is 17.9 Å². The van der Waals surface area contributed by atoms with Gasteiger partial charge in [-0.05, 0) is 68.7 Å². The van der Waals surface area contributed by atoms with Crippen LogP contribution in [0.25, 0.3) is 11.1 Å². The standard InChI is InChI=1S/C34H44N2O4/c1-7-34(5,6)40-31(32(37)38)29-24(2)35-23-28(30(29)36-20-18-33(3,4)19-21-36)26-13-15-27(16-14-26)39-22-17-25-11-9-8-10-12-25/h8-16,23,31H,7,17-22H2,1-6H3,(H,37,38). The first-order valence-corrected chi connectivity index (χ1v) is 14.4. The first kappa shape index (κ1) is 29.6. The van der Waals surface area contributed by atoms with Crippen molar-refractivity contribution < 1.29 is 19.4 Å². The monoisotopic (exact) mass is 544 g/mol. The van der Waals surface area contributed by atoms with Gasteiger partial charge in [-0.25, -0.2) is 4.79 Å². The van der Waals surface area contributed by atoms with Gasteiger partial charge in [0.1, 0.15) is 5.75 Å². The van der Waals surface area contributed by atoms with Crippen LogP contribution in [-0.4, -0.2) is 41.4 Å². The number of hydrogen-bond donors (Lipinski definition) is 1. The number of pyridine rings is 1. The molecule has 6 heteroatoms. The minimum absolute atomic E-state index is 0.255. The number of carbonyl (C=O) groups is 1. The van der Waals surface area contributed by atoms with Gasteiger partial charge in [-0.2, -0.15) is 0 Å². The second kappa shape index (κ2) is 12.4. The van der Waals surface area contributed by atoms with Gasteiger partial charge in [0.15, 0.2) is 6.10 Å². The largest absolute Gasteiger partial charge is 0.493 e. The number of hydrogen-bond acceptors (Lipinski definition) is 5. The van der Waals surface area contributed by atoms with Crippen molar-refractivity contribution >= 4 is 11.7 Å². The average molecular weight is 545 g/mol. The molecule has 1 fully saturated rings. The first-order valence-electron chi connectivity index (χ1n) is 14.4. The normalized spacial score (nSPS) is 16.0. The highest BCUT2D eigenvalue weighted by molar-refractivity contribution is 5.86. The van der Waals surface area contributed by atoms with Crippen molar-refractivity contribution in [3.8, 4) is 16.9 Å². The van der Waals surface area contributed by atoms with E-state index >= 15 is 0 Å². The van der Waals surface area contributed by atoms with E-state index < -0.39 is 17.7 Å². The molecule has 0 saturated carbocycles. The van der Waals surface area contributed by atoms with E-state index in [0.717, 1.165) is 54.9 Å². The summed E-state index contributed by atoms with van der Waals surface area (Å²) in [5.74, 6) is -0.193. The maximum atomic E-state index is 12.7. The molecule has 1 N–H and O–H groups in total. The van der Waals surface area contributed by atoms with Gasteiger partial charge in [-0.15, -0.1) is 0 Å². The minimum atomic E-state index is -1.12. The van der Waals surface area contributed by atoms with E-state index in [2.05, 4.69) is 30.9 Å². The maximum Gasteiger partial charge on any atom is 0.337 e. The average Bonchev–Trinajstić information content (AvgIpc) is 2.93. The highest BCUT2D eigenvalue weighted by Gasteiger charge is 2.36. The lowest BCUT2D eigenvalue weighted by atomic mass is 9.82. The van der Waals surface area contributed by atoms with Crippen LogP contribution in [-0.2, 0) is 16.0 Å². The number of benzene rings is 2. The van der Waals surface area contributed by atoms with Crippen molar-refractivity contribution in [3.63, 3.8) is 0 Å². The number of aryl methyl sites for hydroxylation is 1. The van der Waals surface area contributed by atoms with E-state index in [0.29, 0.717) is 24.3 Å². The fraction of sp³-hybridized carbons (Fsp3) is 0.471. The van der Waals surface area contributed by atoms with Crippen molar-refractivity contribution in [2.24, 2.45) is 5.41 Å². The molecule has 40 heavy (non-hydrogen) atoms. The van der Waals surface area contributed by atoms with E-state index in [9.17, 15) is 9.90 Å². The summed E-state index contributed by atoms with van der Waals surface area (Å²) in [6.07, 6.45) is 4.35. The number of aliphatic carboxylic acids is 1. The molecule has 1 aromatic heterocycles. The SMILES string of the molecule is CCC(C)(C)OC(C(=O)O)c1c(C)ncc(-c2ccc(OCCc3ccccc3)cc2)c1N1CCC(C)(C)CC1. The van der Waals surface area contributed by atoms with Crippen molar-refractivity contribution in [2.75, 3.05) is 24.6 Å². The van der Waals surface area contributed by atoms with Gasteiger partial charge < -0.3 is 19.5 Å². The molecular weight excluding hydrogens is 500 g/mol. The molecule has 0 bridgehead atoms. The van der Waals surface area contributed by atoms with E-state index in [4.69, 9.17) is 14.5 Å². The number of aromatic nitrogens is 1. The highest BCUT2D eigenvalue weighted by Crippen LogP contribution is 2.43. The Hall–Kier alpha value is -3.38. The third-order valence-corrected chi connectivity index (χ3v) is 8.16. The van der Waals surface area contributed by atoms with E-state index in [1.807, 2.05) is 76.4 Å². The summed E-state index contributed by atoms with van der Waals surface area (Å²) in [6.45, 7) is 14.7. The van der Waals surface area contributed by atoms with Gasteiger partial charge in [-0.1, -0.05) is 63.2 Å². The van der Waals surface area contributed by atoms with Crippen LogP contribution in [0.1, 0.15) is 76.8 Å². The number of piperidine rings is 1. The maximum absolute atomic E-state index is 12.7. The Morgan fingerprint density at radius 3 is 2.33 bits per heavy atom. The molecule has 1 saturated heterocycles. The van der Waals surface area contributed by atoms with Crippen molar-refractivity contribution in [1.82, 2.24) is 4.98 Å². The molecule has 1 aliphatic heterocycles. The second-order valence-electron chi connectivity index (χ2n) is 12.2. The van der Waals surface area contributed by atoms with E-state index in [1.165, 1.54) is 5.56 Å². The van der Waals surface area contributed by atoms with Gasteiger partial charge in [0, 0.05) is 42.5 Å². The molecule has 6 nitrogen and oxygen atoms in total. The van der Waals surface area contributed by atoms with Gasteiger partial charge in [0.2, 0.25) is 0 Å². The van der Waals surface area contributed by atoms with Gasteiger partial charge >= 0.3 is 5.97 Å². The summed E-state index contributed by atoms with van der Waals surface area (Å²) in [7, 11) is 0. The van der Waals surface area contributed by atoms with Crippen LogP contribution in [0.4, 0.5) is 5.69 Å². The molecule has 4 rings (SSSR count). The quantitative estimate of drug-likeness (QED) is 0.267. The summed E-state index contributed by atoms with van der Waals surface area (Å²) in [4.78, 5) is 19.7. The Labute approximate surface area is 239 Å². The Morgan fingerprint density at radius 1 is 1.07 bits per heavy atom. The zero-order valence-electron chi connectivity index (χ0n) is 24.9. The number of carboxylic acids is 1. The number of nitrogens with zero attached hydrogens (tertiary/aromatic N) is 2. The van der Waals surface area contributed by atoms with Crippen LogP contribution in [0.15, 0.2) is 60.8 Å². The Balaban J connectivity index is 1.70. The predicted octanol–water partition coefficient (Wildman–Crippen LogP) is 7.64. The summed E-state index contributed by atoms with van der Waals surface area (Å²) in [6, 6.07) is 18.3. The molecule has 0 amide bonds. The molecule has 0 aliphatic carbocycles. The summed E-state index contributed by atoms with van der Waals surface area (Å²) in [5.41, 5.74) is 5.05. The van der Waals surface area contributed by atoms with Crippen LogP contribution >= 0.6 is 0 Å². The topological polar surface area (TPSA) is 71.9 Å². The van der Waals surface area contributed by atoms with Crippen LogP contribution in [0, 0.1) is 12.3 Å². The third kappa shape index (κ3) is 7.22. The molecule has 2 heterocycles.